The van der Waals surface area contributed by atoms with Gasteiger partial charge in [-0.05, 0) is 54.5 Å². The van der Waals surface area contributed by atoms with Crippen LogP contribution in [-0.2, 0) is 0 Å². The molecular weight excluding hydrogens is 416 g/mol. The number of hydrogen-bond donors (Lipinski definition) is 2. The molecule has 2 aliphatic heterocycles. The number of phenolic OH excluding ortho intramolecular Hbond substituents is 1. The van der Waals surface area contributed by atoms with E-state index >= 15 is 0 Å². The Morgan fingerprint density at radius 2 is 1.90 bits per heavy atom. The highest BCUT2D eigenvalue weighted by atomic mass is 35.5. The molecule has 166 valence electrons. The van der Waals surface area contributed by atoms with Crippen molar-refractivity contribution in [2.75, 3.05) is 33.4 Å². The molecule has 0 aromatic heterocycles. The van der Waals surface area contributed by atoms with Crippen molar-refractivity contribution in [2.24, 2.45) is 17.8 Å². The van der Waals surface area contributed by atoms with Crippen LogP contribution in [0.2, 0.25) is 0 Å². The van der Waals surface area contributed by atoms with Gasteiger partial charge in [-0.1, -0.05) is 12.1 Å². The monoisotopic (exact) mass is 444 g/mol. The number of ether oxygens (including phenoxy) is 2. The molecule has 0 radical (unpaired) electrons. The fourth-order valence-corrected chi connectivity index (χ4v) is 4.81. The number of carbonyl (C=O) groups is 1. The molecule has 31 heavy (non-hydrogen) atoms. The van der Waals surface area contributed by atoms with Crippen molar-refractivity contribution in [1.82, 2.24) is 10.2 Å². The molecule has 2 N–H and O–H groups in total. The first kappa shape index (κ1) is 21.8. The Hall–Kier alpha value is -2.44. The first-order valence-corrected chi connectivity index (χ1v) is 10.7. The summed E-state index contributed by atoms with van der Waals surface area (Å²) in [7, 11) is 1.65. The van der Waals surface area contributed by atoms with Gasteiger partial charge in [-0.15, -0.1) is 12.4 Å². The van der Waals surface area contributed by atoms with E-state index < -0.39 is 0 Å². The van der Waals surface area contributed by atoms with Crippen LogP contribution in [0.15, 0.2) is 42.5 Å². The summed E-state index contributed by atoms with van der Waals surface area (Å²) in [5.74, 6) is 2.80. The van der Waals surface area contributed by atoms with Crippen molar-refractivity contribution in [3.63, 3.8) is 0 Å². The number of rotatable bonds is 6. The summed E-state index contributed by atoms with van der Waals surface area (Å²) in [4.78, 5) is 15.5. The molecule has 1 aliphatic carbocycles. The van der Waals surface area contributed by atoms with Crippen LogP contribution in [0, 0.1) is 17.8 Å². The molecule has 3 aliphatic rings. The highest BCUT2D eigenvalue weighted by Crippen LogP contribution is 2.44. The Labute approximate surface area is 188 Å². The maximum Gasteiger partial charge on any atom is 0.254 e. The molecule has 7 heteroatoms. The van der Waals surface area contributed by atoms with Crippen molar-refractivity contribution < 1.29 is 19.4 Å². The molecule has 1 amide bonds. The number of likely N-dealkylation sites (tertiary alicyclic amines) is 1. The van der Waals surface area contributed by atoms with Crippen LogP contribution >= 0.6 is 12.4 Å². The average molecular weight is 445 g/mol. The van der Waals surface area contributed by atoms with Crippen molar-refractivity contribution >= 4 is 18.3 Å². The van der Waals surface area contributed by atoms with Crippen LogP contribution in [0.5, 0.6) is 17.2 Å². The van der Waals surface area contributed by atoms with E-state index in [0.717, 1.165) is 24.4 Å². The van der Waals surface area contributed by atoms with Gasteiger partial charge in [0.15, 0.2) is 0 Å². The minimum atomic E-state index is -0.0580. The van der Waals surface area contributed by atoms with Crippen LogP contribution in [0.3, 0.4) is 0 Å². The molecule has 0 bridgehead atoms. The van der Waals surface area contributed by atoms with E-state index in [4.69, 9.17) is 9.47 Å². The van der Waals surface area contributed by atoms with E-state index in [1.54, 1.807) is 25.3 Å². The Kier molecular flexibility index (Phi) is 6.30. The second kappa shape index (κ2) is 8.97. The molecule has 2 aromatic carbocycles. The van der Waals surface area contributed by atoms with Gasteiger partial charge in [-0.2, -0.15) is 0 Å². The smallest absolute Gasteiger partial charge is 0.254 e. The molecule has 2 aromatic rings. The molecule has 0 spiro atoms. The number of fused-ring (bicyclic) bond motifs is 1. The molecule has 3 fully saturated rings. The summed E-state index contributed by atoms with van der Waals surface area (Å²) in [6, 6.07) is 12.9. The van der Waals surface area contributed by atoms with Crippen molar-refractivity contribution in [1.29, 1.82) is 0 Å². The molecule has 0 unspecified atom stereocenters. The number of halogens is 1. The zero-order valence-electron chi connectivity index (χ0n) is 17.6. The first-order valence-electron chi connectivity index (χ1n) is 10.7. The predicted octanol–water partition coefficient (Wildman–Crippen LogP) is 3.64. The topological polar surface area (TPSA) is 71.0 Å². The van der Waals surface area contributed by atoms with Gasteiger partial charge in [0.05, 0.1) is 19.8 Å². The van der Waals surface area contributed by atoms with Crippen LogP contribution in [0.1, 0.15) is 34.8 Å². The van der Waals surface area contributed by atoms with Gasteiger partial charge in [-0.25, -0.2) is 0 Å². The van der Waals surface area contributed by atoms with E-state index in [1.807, 2.05) is 17.0 Å². The normalized spacial score (nSPS) is 24.4. The standard InChI is InChI=1S/C24H28N2O4.ClH/c1-29-20-6-4-16(5-7-20)23-22-12-25-11-18(22)13-26(23)24(28)17-8-19(27)10-21(9-17)30-14-15-2-3-15;/h4-10,15,18,22-23,25,27H,2-3,11-14H2,1H3;1H/t18-,22-,23-;/m0./s1. The predicted molar refractivity (Wildman–Crippen MR) is 120 cm³/mol. The van der Waals surface area contributed by atoms with Gasteiger partial charge in [0.25, 0.3) is 5.91 Å². The van der Waals surface area contributed by atoms with Gasteiger partial charge < -0.3 is 24.8 Å². The van der Waals surface area contributed by atoms with Crippen LogP contribution < -0.4 is 14.8 Å². The first-order chi connectivity index (χ1) is 14.6. The fraction of sp³-hybridized carbons (Fsp3) is 0.458. The van der Waals surface area contributed by atoms with E-state index in [0.29, 0.717) is 42.2 Å². The summed E-state index contributed by atoms with van der Waals surface area (Å²) < 4.78 is 11.1. The number of hydrogen-bond acceptors (Lipinski definition) is 5. The molecule has 1 saturated carbocycles. The second-order valence-corrected chi connectivity index (χ2v) is 8.73. The summed E-state index contributed by atoms with van der Waals surface area (Å²) >= 11 is 0. The Morgan fingerprint density at radius 1 is 1.13 bits per heavy atom. The molecule has 6 nitrogen and oxygen atoms in total. The number of nitrogens with zero attached hydrogens (tertiary/aromatic N) is 1. The van der Waals surface area contributed by atoms with E-state index in [1.165, 1.54) is 12.8 Å². The fourth-order valence-electron chi connectivity index (χ4n) is 4.81. The lowest BCUT2D eigenvalue weighted by molar-refractivity contribution is 0.0713. The number of benzene rings is 2. The number of aromatic hydroxyl groups is 1. The lowest BCUT2D eigenvalue weighted by Crippen LogP contribution is -2.34. The van der Waals surface area contributed by atoms with E-state index in [9.17, 15) is 9.90 Å². The highest BCUT2D eigenvalue weighted by molar-refractivity contribution is 5.95. The Balaban J connectivity index is 0.00000231. The van der Waals surface area contributed by atoms with Crippen molar-refractivity contribution in [2.45, 2.75) is 18.9 Å². The Bertz CT molecular complexity index is 932. The lowest BCUT2D eigenvalue weighted by atomic mass is 9.89. The molecular formula is C24H29ClN2O4. The van der Waals surface area contributed by atoms with Crippen LogP contribution in [0.25, 0.3) is 0 Å². The third-order valence-corrected chi connectivity index (χ3v) is 6.60. The minimum absolute atomic E-state index is 0. The largest absolute Gasteiger partial charge is 0.508 e. The van der Waals surface area contributed by atoms with Gasteiger partial charge in [-0.3, -0.25) is 4.79 Å². The third-order valence-electron chi connectivity index (χ3n) is 6.60. The average Bonchev–Trinajstić information content (AvgIpc) is 3.36. The summed E-state index contributed by atoms with van der Waals surface area (Å²) in [5.41, 5.74) is 1.60. The van der Waals surface area contributed by atoms with E-state index in [-0.39, 0.29) is 30.1 Å². The quantitative estimate of drug-likeness (QED) is 0.711. The number of nitrogens with one attached hydrogen (secondary N) is 1. The van der Waals surface area contributed by atoms with Crippen molar-refractivity contribution in [3.05, 3.63) is 53.6 Å². The van der Waals surface area contributed by atoms with Gasteiger partial charge in [0.2, 0.25) is 0 Å². The van der Waals surface area contributed by atoms with Gasteiger partial charge >= 0.3 is 0 Å². The number of methoxy groups -OCH3 is 1. The zero-order valence-corrected chi connectivity index (χ0v) is 18.4. The molecule has 2 heterocycles. The zero-order chi connectivity index (χ0) is 20.7. The third kappa shape index (κ3) is 4.46. The number of amides is 1. The van der Waals surface area contributed by atoms with E-state index in [2.05, 4.69) is 17.4 Å². The number of phenols is 1. The summed E-state index contributed by atoms with van der Waals surface area (Å²) in [6.07, 6.45) is 2.39. The van der Waals surface area contributed by atoms with Crippen LogP contribution in [0.4, 0.5) is 0 Å². The second-order valence-electron chi connectivity index (χ2n) is 8.73. The highest BCUT2D eigenvalue weighted by Gasteiger charge is 2.47. The molecule has 3 atom stereocenters. The number of carbonyl (C=O) groups excluding carboxylic acids is 1. The minimum Gasteiger partial charge on any atom is -0.508 e. The van der Waals surface area contributed by atoms with Gasteiger partial charge in [0.1, 0.15) is 17.2 Å². The van der Waals surface area contributed by atoms with Gasteiger partial charge in [0, 0.05) is 37.2 Å². The SMILES string of the molecule is COc1ccc([C@H]2[C@H]3CNC[C@H]3CN2C(=O)c2cc(O)cc(OCC3CC3)c2)cc1.Cl. The van der Waals surface area contributed by atoms with Crippen molar-refractivity contribution in [3.8, 4) is 17.2 Å². The maximum atomic E-state index is 13.6. The molecule has 5 rings (SSSR count). The summed E-state index contributed by atoms with van der Waals surface area (Å²) in [6.45, 7) is 3.18. The molecule has 2 saturated heterocycles. The summed E-state index contributed by atoms with van der Waals surface area (Å²) in [5, 5.41) is 13.7. The Morgan fingerprint density at radius 3 is 2.61 bits per heavy atom. The lowest BCUT2D eigenvalue weighted by Gasteiger charge is -2.29. The maximum absolute atomic E-state index is 13.6. The van der Waals surface area contributed by atoms with Crippen LogP contribution in [-0.4, -0.2) is 49.3 Å².